The second kappa shape index (κ2) is 4.49. The quantitative estimate of drug-likeness (QED) is 0.822. The maximum atomic E-state index is 10.8. The Balaban J connectivity index is 1.95. The maximum absolute atomic E-state index is 10.8. The predicted octanol–water partition coefficient (Wildman–Crippen LogP) is 2.33. The van der Waals surface area contributed by atoms with Crippen LogP contribution in [0, 0.1) is 0 Å². The van der Waals surface area contributed by atoms with Crippen molar-refractivity contribution in [3.63, 3.8) is 0 Å². The predicted molar refractivity (Wildman–Crippen MR) is 65.0 cm³/mol. The number of carbonyl (C=O) groups is 1. The summed E-state index contributed by atoms with van der Waals surface area (Å²) >= 11 is 0. The Kier molecular flexibility index (Phi) is 3.20. The molecule has 1 fully saturated rings. The molecule has 3 nitrogen and oxygen atoms in total. The minimum Gasteiger partial charge on any atom is -0.481 e. The lowest BCUT2D eigenvalue weighted by Crippen LogP contribution is -2.09. The molecule has 1 aliphatic carbocycles. The van der Waals surface area contributed by atoms with E-state index in [4.69, 9.17) is 5.11 Å². The number of aliphatic hydroxyl groups is 1. The number of carboxylic acid groups (broad SMARTS) is 1. The second-order valence-corrected chi connectivity index (χ2v) is 5.03. The topological polar surface area (TPSA) is 57.5 Å². The van der Waals surface area contributed by atoms with E-state index in [1.807, 2.05) is 24.3 Å². The number of rotatable bonds is 5. The van der Waals surface area contributed by atoms with Crippen LogP contribution in [0.5, 0.6) is 0 Å². The van der Waals surface area contributed by atoms with E-state index in [2.05, 4.69) is 0 Å². The van der Waals surface area contributed by atoms with Gasteiger partial charge in [-0.1, -0.05) is 24.3 Å². The van der Waals surface area contributed by atoms with Gasteiger partial charge in [-0.25, -0.2) is 0 Å². The van der Waals surface area contributed by atoms with Gasteiger partial charge in [0.25, 0.3) is 0 Å². The molecule has 3 heteroatoms. The standard InChI is InChI=1S/C14H18O3/c1-10(13(15)16)12-4-2-11(3-5-12)6-7-14(17)8-9-14/h2-5,10,17H,6-9H2,1H3,(H,15,16). The summed E-state index contributed by atoms with van der Waals surface area (Å²) in [6, 6.07) is 7.65. The van der Waals surface area contributed by atoms with Gasteiger partial charge in [-0.05, 0) is 43.7 Å². The van der Waals surface area contributed by atoms with Crippen molar-refractivity contribution in [2.45, 2.75) is 44.1 Å². The zero-order valence-corrected chi connectivity index (χ0v) is 10.0. The number of carboxylic acids is 1. The molecule has 1 aliphatic rings. The zero-order valence-electron chi connectivity index (χ0n) is 10.0. The van der Waals surface area contributed by atoms with Gasteiger partial charge in [0.2, 0.25) is 0 Å². The molecule has 0 radical (unpaired) electrons. The Morgan fingerprint density at radius 3 is 2.41 bits per heavy atom. The van der Waals surface area contributed by atoms with Crippen molar-refractivity contribution in [3.05, 3.63) is 35.4 Å². The molecule has 0 bridgehead atoms. The van der Waals surface area contributed by atoms with Gasteiger partial charge in [0.05, 0.1) is 11.5 Å². The highest BCUT2D eigenvalue weighted by Crippen LogP contribution is 2.39. The van der Waals surface area contributed by atoms with Crippen LogP contribution >= 0.6 is 0 Å². The van der Waals surface area contributed by atoms with Crippen LogP contribution in [0.3, 0.4) is 0 Å². The van der Waals surface area contributed by atoms with Gasteiger partial charge in [-0.2, -0.15) is 0 Å². The molecule has 0 heterocycles. The minimum absolute atomic E-state index is 0.410. The fourth-order valence-corrected chi connectivity index (χ4v) is 1.89. The largest absolute Gasteiger partial charge is 0.481 e. The van der Waals surface area contributed by atoms with E-state index in [9.17, 15) is 9.90 Å². The van der Waals surface area contributed by atoms with E-state index in [1.165, 1.54) is 0 Å². The molecule has 17 heavy (non-hydrogen) atoms. The third kappa shape index (κ3) is 3.07. The summed E-state index contributed by atoms with van der Waals surface area (Å²) < 4.78 is 0. The van der Waals surface area contributed by atoms with Gasteiger partial charge < -0.3 is 10.2 Å². The summed E-state index contributed by atoms with van der Waals surface area (Å²) in [7, 11) is 0. The summed E-state index contributed by atoms with van der Waals surface area (Å²) in [5.41, 5.74) is 1.57. The summed E-state index contributed by atoms with van der Waals surface area (Å²) in [6.07, 6.45) is 3.50. The second-order valence-electron chi connectivity index (χ2n) is 5.03. The first kappa shape index (κ1) is 12.1. The van der Waals surface area contributed by atoms with Gasteiger partial charge in [0, 0.05) is 0 Å². The van der Waals surface area contributed by atoms with Crippen LogP contribution in [0.15, 0.2) is 24.3 Å². The summed E-state index contributed by atoms with van der Waals surface area (Å²) in [4.78, 5) is 10.8. The van der Waals surface area contributed by atoms with E-state index in [1.54, 1.807) is 6.92 Å². The lowest BCUT2D eigenvalue weighted by atomic mass is 9.98. The number of hydrogen-bond acceptors (Lipinski definition) is 2. The van der Waals surface area contributed by atoms with E-state index in [-0.39, 0.29) is 0 Å². The number of benzene rings is 1. The fourth-order valence-electron chi connectivity index (χ4n) is 1.89. The molecule has 2 N–H and O–H groups in total. The summed E-state index contributed by atoms with van der Waals surface area (Å²) in [6.45, 7) is 1.68. The van der Waals surface area contributed by atoms with Gasteiger partial charge in [-0.3, -0.25) is 4.79 Å². The lowest BCUT2D eigenvalue weighted by Gasteiger charge is -2.09. The fraction of sp³-hybridized carbons (Fsp3) is 0.500. The van der Waals surface area contributed by atoms with Crippen LogP contribution in [-0.2, 0) is 11.2 Å². The molecule has 1 saturated carbocycles. The van der Waals surface area contributed by atoms with Gasteiger partial charge in [0.15, 0.2) is 0 Å². The Labute approximate surface area is 101 Å². The van der Waals surface area contributed by atoms with Crippen molar-refractivity contribution >= 4 is 5.97 Å². The molecule has 0 saturated heterocycles. The van der Waals surface area contributed by atoms with Crippen LogP contribution < -0.4 is 0 Å². The first-order valence-corrected chi connectivity index (χ1v) is 6.04. The molecule has 0 spiro atoms. The van der Waals surface area contributed by atoms with Gasteiger partial charge >= 0.3 is 5.97 Å². The maximum Gasteiger partial charge on any atom is 0.310 e. The Morgan fingerprint density at radius 2 is 1.94 bits per heavy atom. The molecule has 2 rings (SSSR count). The summed E-state index contributed by atoms with van der Waals surface area (Å²) in [5, 5.41) is 18.6. The first-order valence-electron chi connectivity index (χ1n) is 6.04. The zero-order chi connectivity index (χ0) is 12.5. The van der Waals surface area contributed by atoms with Crippen molar-refractivity contribution in [3.8, 4) is 0 Å². The van der Waals surface area contributed by atoms with E-state index < -0.39 is 17.5 Å². The Morgan fingerprint density at radius 1 is 1.35 bits per heavy atom. The molecular weight excluding hydrogens is 216 g/mol. The summed E-state index contributed by atoms with van der Waals surface area (Å²) in [5.74, 6) is -1.26. The third-order valence-corrected chi connectivity index (χ3v) is 3.56. The molecular formula is C14H18O3. The molecule has 1 aromatic rings. The first-order chi connectivity index (χ1) is 8.00. The van der Waals surface area contributed by atoms with E-state index in [0.29, 0.717) is 0 Å². The molecule has 92 valence electrons. The highest BCUT2D eigenvalue weighted by molar-refractivity contribution is 5.75. The average Bonchev–Trinajstić information content (AvgIpc) is 3.05. The Bertz CT molecular complexity index is 404. The Hall–Kier alpha value is -1.35. The monoisotopic (exact) mass is 234 g/mol. The minimum atomic E-state index is -0.801. The van der Waals surface area contributed by atoms with Crippen LogP contribution in [0.2, 0.25) is 0 Å². The highest BCUT2D eigenvalue weighted by Gasteiger charge is 2.39. The van der Waals surface area contributed by atoms with Crippen LogP contribution in [0.1, 0.15) is 43.2 Å². The van der Waals surface area contributed by atoms with Crippen LogP contribution in [-0.4, -0.2) is 21.8 Å². The van der Waals surface area contributed by atoms with Crippen molar-refractivity contribution in [1.29, 1.82) is 0 Å². The molecule has 0 aliphatic heterocycles. The van der Waals surface area contributed by atoms with E-state index >= 15 is 0 Å². The number of hydrogen-bond donors (Lipinski definition) is 2. The molecule has 0 amide bonds. The van der Waals surface area contributed by atoms with Crippen molar-refractivity contribution < 1.29 is 15.0 Å². The number of aryl methyl sites for hydroxylation is 1. The normalized spacial score (nSPS) is 18.7. The lowest BCUT2D eigenvalue weighted by molar-refractivity contribution is -0.138. The van der Waals surface area contributed by atoms with Crippen LogP contribution in [0.25, 0.3) is 0 Å². The average molecular weight is 234 g/mol. The molecule has 1 aromatic carbocycles. The highest BCUT2D eigenvalue weighted by atomic mass is 16.4. The third-order valence-electron chi connectivity index (χ3n) is 3.56. The SMILES string of the molecule is CC(C(=O)O)c1ccc(CCC2(O)CC2)cc1. The van der Waals surface area contributed by atoms with Crippen molar-refractivity contribution in [2.75, 3.05) is 0 Å². The smallest absolute Gasteiger partial charge is 0.310 e. The van der Waals surface area contributed by atoms with Crippen molar-refractivity contribution in [2.24, 2.45) is 0 Å². The molecule has 0 aromatic heterocycles. The molecule has 1 unspecified atom stereocenters. The molecule has 1 atom stereocenters. The van der Waals surface area contributed by atoms with Crippen LogP contribution in [0.4, 0.5) is 0 Å². The van der Waals surface area contributed by atoms with Crippen molar-refractivity contribution in [1.82, 2.24) is 0 Å². The van der Waals surface area contributed by atoms with E-state index in [0.717, 1.165) is 36.8 Å². The number of aliphatic carboxylic acids is 1. The van der Waals surface area contributed by atoms with Gasteiger partial charge in [0.1, 0.15) is 0 Å². The van der Waals surface area contributed by atoms with Gasteiger partial charge in [-0.15, -0.1) is 0 Å².